The topological polar surface area (TPSA) is 86.2 Å². The number of ether oxygens (including phenoxy) is 1. The molecule has 1 atom stereocenters. The highest BCUT2D eigenvalue weighted by molar-refractivity contribution is 5.94. The summed E-state index contributed by atoms with van der Waals surface area (Å²) in [5.74, 6) is 1.35. The quantitative estimate of drug-likeness (QED) is 0.370. The second kappa shape index (κ2) is 10.7. The summed E-state index contributed by atoms with van der Waals surface area (Å²) in [6, 6.07) is 6.33. The van der Waals surface area contributed by atoms with Crippen molar-refractivity contribution in [3.63, 3.8) is 0 Å². The third-order valence-corrected chi connectivity index (χ3v) is 4.24. The van der Waals surface area contributed by atoms with Gasteiger partial charge in [0.2, 0.25) is 0 Å². The van der Waals surface area contributed by atoms with Crippen LogP contribution in [0, 0.1) is 5.92 Å². The molecule has 2 rings (SSSR count). The second-order valence-electron chi connectivity index (χ2n) is 6.51. The largest absolute Gasteiger partial charge is 0.508 e. The van der Waals surface area contributed by atoms with Crippen molar-refractivity contribution in [2.75, 3.05) is 46.4 Å². The number of aromatic hydroxyl groups is 1. The van der Waals surface area contributed by atoms with E-state index in [1.807, 2.05) is 7.05 Å². The molecule has 0 bridgehead atoms. The molecule has 0 spiro atoms. The van der Waals surface area contributed by atoms with E-state index < -0.39 is 0 Å². The molecule has 1 heterocycles. The van der Waals surface area contributed by atoms with Gasteiger partial charge in [0.1, 0.15) is 5.75 Å². The van der Waals surface area contributed by atoms with Crippen molar-refractivity contribution in [1.29, 1.82) is 0 Å². The minimum absolute atomic E-state index is 0.0910. The maximum atomic E-state index is 12.0. The first-order valence-corrected chi connectivity index (χ1v) is 9.24. The number of rotatable bonds is 8. The van der Waals surface area contributed by atoms with Gasteiger partial charge in [0, 0.05) is 51.3 Å². The summed E-state index contributed by atoms with van der Waals surface area (Å²) in [7, 11) is 2.05. The number of benzene rings is 1. The number of guanidine groups is 1. The lowest BCUT2D eigenvalue weighted by Crippen LogP contribution is -2.41. The Bertz CT molecular complexity index is 600. The Balaban J connectivity index is 1.74. The van der Waals surface area contributed by atoms with Crippen molar-refractivity contribution in [3.8, 4) is 5.75 Å². The van der Waals surface area contributed by atoms with E-state index in [2.05, 4.69) is 27.4 Å². The lowest BCUT2D eigenvalue weighted by Gasteiger charge is -2.24. The highest BCUT2D eigenvalue weighted by atomic mass is 16.5. The molecule has 1 aliphatic heterocycles. The normalized spacial score (nSPS) is 17.2. The molecule has 7 heteroatoms. The Morgan fingerprint density at radius 3 is 2.96 bits per heavy atom. The average Bonchev–Trinajstić information content (AvgIpc) is 3.13. The van der Waals surface area contributed by atoms with E-state index in [0.717, 1.165) is 45.1 Å². The summed E-state index contributed by atoms with van der Waals surface area (Å²) in [6.07, 6.45) is 1.85. The fourth-order valence-electron chi connectivity index (χ4n) is 2.89. The summed E-state index contributed by atoms with van der Waals surface area (Å²) in [4.78, 5) is 18.8. The molecule has 1 aromatic carbocycles. The second-order valence-corrected chi connectivity index (χ2v) is 6.51. The summed E-state index contributed by atoms with van der Waals surface area (Å²) in [5, 5.41) is 15.6. The first kappa shape index (κ1) is 20.0. The van der Waals surface area contributed by atoms with E-state index >= 15 is 0 Å². The SMILES string of the molecule is CCNC(=NCCCNC(=O)c1cccc(O)c1)N(C)CC1CCOC1. The van der Waals surface area contributed by atoms with Gasteiger partial charge in [-0.2, -0.15) is 0 Å². The molecule has 1 aromatic rings. The van der Waals surface area contributed by atoms with E-state index in [-0.39, 0.29) is 11.7 Å². The van der Waals surface area contributed by atoms with Gasteiger partial charge in [-0.25, -0.2) is 0 Å². The van der Waals surface area contributed by atoms with E-state index in [0.29, 0.717) is 24.6 Å². The number of carbonyl (C=O) groups is 1. The molecule has 0 aliphatic carbocycles. The number of nitrogens with zero attached hydrogens (tertiary/aromatic N) is 2. The lowest BCUT2D eigenvalue weighted by molar-refractivity contribution is 0.0953. The third-order valence-electron chi connectivity index (χ3n) is 4.24. The van der Waals surface area contributed by atoms with Gasteiger partial charge in [-0.1, -0.05) is 6.07 Å². The molecule has 3 N–H and O–H groups in total. The molecule has 26 heavy (non-hydrogen) atoms. The van der Waals surface area contributed by atoms with Crippen molar-refractivity contribution in [2.24, 2.45) is 10.9 Å². The smallest absolute Gasteiger partial charge is 0.251 e. The maximum absolute atomic E-state index is 12.0. The van der Waals surface area contributed by atoms with Crippen LogP contribution in [0.3, 0.4) is 0 Å². The highest BCUT2D eigenvalue weighted by Gasteiger charge is 2.18. The fourth-order valence-corrected chi connectivity index (χ4v) is 2.89. The van der Waals surface area contributed by atoms with Crippen LogP contribution in [0.2, 0.25) is 0 Å². The molecule has 1 unspecified atom stereocenters. The van der Waals surface area contributed by atoms with Crippen LogP contribution in [0.5, 0.6) is 5.75 Å². The summed E-state index contributed by atoms with van der Waals surface area (Å²) < 4.78 is 5.43. The van der Waals surface area contributed by atoms with Gasteiger partial charge in [-0.15, -0.1) is 0 Å². The zero-order chi connectivity index (χ0) is 18.8. The number of phenols is 1. The van der Waals surface area contributed by atoms with Gasteiger partial charge < -0.3 is 25.4 Å². The van der Waals surface area contributed by atoms with Gasteiger partial charge in [-0.3, -0.25) is 9.79 Å². The minimum Gasteiger partial charge on any atom is -0.508 e. The minimum atomic E-state index is -0.185. The molecule has 0 radical (unpaired) electrons. The molecule has 0 aromatic heterocycles. The molecule has 1 saturated heterocycles. The zero-order valence-electron chi connectivity index (χ0n) is 15.7. The van der Waals surface area contributed by atoms with Gasteiger partial charge in [0.25, 0.3) is 5.91 Å². The summed E-state index contributed by atoms with van der Waals surface area (Å²) in [6.45, 7) is 6.65. The van der Waals surface area contributed by atoms with Crippen LogP contribution < -0.4 is 10.6 Å². The Morgan fingerprint density at radius 2 is 2.27 bits per heavy atom. The molecule has 1 fully saturated rings. The van der Waals surface area contributed by atoms with Crippen LogP contribution in [-0.2, 0) is 4.74 Å². The molecule has 7 nitrogen and oxygen atoms in total. The van der Waals surface area contributed by atoms with E-state index in [1.54, 1.807) is 18.2 Å². The van der Waals surface area contributed by atoms with Crippen molar-refractivity contribution in [2.45, 2.75) is 19.8 Å². The van der Waals surface area contributed by atoms with Gasteiger partial charge in [0.15, 0.2) is 5.96 Å². The third kappa shape index (κ3) is 6.55. The number of aliphatic imine (C=N–C) groups is 1. The molecule has 0 saturated carbocycles. The number of hydrogen-bond donors (Lipinski definition) is 3. The van der Waals surface area contributed by atoms with Crippen molar-refractivity contribution < 1.29 is 14.6 Å². The molecule has 1 aliphatic rings. The predicted octanol–water partition coefficient (Wildman–Crippen LogP) is 1.45. The molecule has 1 amide bonds. The lowest BCUT2D eigenvalue weighted by atomic mass is 10.1. The number of phenolic OH excluding ortho intramolecular Hbond substituents is 1. The van der Waals surface area contributed by atoms with Crippen LogP contribution in [0.4, 0.5) is 0 Å². The van der Waals surface area contributed by atoms with Crippen LogP contribution >= 0.6 is 0 Å². The van der Waals surface area contributed by atoms with E-state index in [4.69, 9.17) is 4.74 Å². The Morgan fingerprint density at radius 1 is 1.42 bits per heavy atom. The van der Waals surface area contributed by atoms with Crippen LogP contribution in [0.25, 0.3) is 0 Å². The Hall–Kier alpha value is -2.28. The van der Waals surface area contributed by atoms with Gasteiger partial charge in [-0.05, 0) is 38.0 Å². The maximum Gasteiger partial charge on any atom is 0.251 e. The van der Waals surface area contributed by atoms with Crippen molar-refractivity contribution >= 4 is 11.9 Å². The van der Waals surface area contributed by atoms with Crippen molar-refractivity contribution in [1.82, 2.24) is 15.5 Å². The molecular formula is C19H30N4O3. The Labute approximate surface area is 155 Å². The fraction of sp³-hybridized carbons (Fsp3) is 0.579. The number of nitrogens with one attached hydrogen (secondary N) is 2. The molecular weight excluding hydrogens is 332 g/mol. The van der Waals surface area contributed by atoms with Gasteiger partial charge in [0.05, 0.1) is 6.61 Å². The van der Waals surface area contributed by atoms with Gasteiger partial charge >= 0.3 is 0 Å². The number of amides is 1. The average molecular weight is 362 g/mol. The van der Waals surface area contributed by atoms with Crippen LogP contribution in [0.1, 0.15) is 30.1 Å². The Kier molecular flexibility index (Phi) is 8.21. The van der Waals surface area contributed by atoms with Crippen molar-refractivity contribution in [3.05, 3.63) is 29.8 Å². The zero-order valence-corrected chi connectivity index (χ0v) is 15.7. The summed E-state index contributed by atoms with van der Waals surface area (Å²) in [5.41, 5.74) is 0.459. The summed E-state index contributed by atoms with van der Waals surface area (Å²) >= 11 is 0. The standard InChI is InChI=1S/C19H30N4O3/c1-3-20-19(23(2)13-15-8-11-26-14-15)22-10-5-9-21-18(25)16-6-4-7-17(24)12-16/h4,6-7,12,15,24H,3,5,8-11,13-14H2,1-2H3,(H,20,22)(H,21,25). The predicted molar refractivity (Wildman–Crippen MR) is 103 cm³/mol. The monoisotopic (exact) mass is 362 g/mol. The van der Waals surface area contributed by atoms with Crippen LogP contribution in [-0.4, -0.2) is 68.3 Å². The highest BCUT2D eigenvalue weighted by Crippen LogP contribution is 2.13. The number of carbonyl (C=O) groups excluding carboxylic acids is 1. The first-order valence-electron chi connectivity index (χ1n) is 9.24. The first-order chi connectivity index (χ1) is 12.6. The molecule has 144 valence electrons. The number of hydrogen-bond acceptors (Lipinski definition) is 4. The van der Waals surface area contributed by atoms with E-state index in [9.17, 15) is 9.90 Å². The van der Waals surface area contributed by atoms with Crippen LogP contribution in [0.15, 0.2) is 29.3 Å². The van der Waals surface area contributed by atoms with E-state index in [1.165, 1.54) is 6.07 Å².